The van der Waals surface area contributed by atoms with Crippen LogP contribution in [-0.2, 0) is 6.67 Å². The summed E-state index contributed by atoms with van der Waals surface area (Å²) in [7, 11) is 0. The summed E-state index contributed by atoms with van der Waals surface area (Å²) >= 11 is 0. The third-order valence-corrected chi connectivity index (χ3v) is 7.03. The first kappa shape index (κ1) is 20.9. The third kappa shape index (κ3) is 3.73. The van der Waals surface area contributed by atoms with Crippen molar-refractivity contribution in [1.82, 2.24) is 9.47 Å². The number of aromatic nitrogens is 1. The van der Waals surface area contributed by atoms with E-state index in [1.807, 2.05) is 34.9 Å². The summed E-state index contributed by atoms with van der Waals surface area (Å²) in [6.07, 6.45) is 3.60. The molecule has 6 heteroatoms. The number of likely N-dealkylation sites (tertiary alicyclic amines) is 1. The van der Waals surface area contributed by atoms with Crippen LogP contribution in [-0.4, -0.2) is 33.1 Å². The number of carbonyl (C=O) groups excluding carboxylic acids is 1. The highest BCUT2D eigenvalue weighted by atomic mass is 16.3. The van der Waals surface area contributed by atoms with Gasteiger partial charge in [0.2, 0.25) is 5.88 Å². The first-order valence-corrected chi connectivity index (χ1v) is 11.3. The number of benzene rings is 2. The van der Waals surface area contributed by atoms with Crippen molar-refractivity contribution >= 4 is 22.5 Å². The van der Waals surface area contributed by atoms with Crippen molar-refractivity contribution in [1.29, 1.82) is 0 Å². The van der Waals surface area contributed by atoms with Gasteiger partial charge in [-0.25, -0.2) is 0 Å². The van der Waals surface area contributed by atoms with Crippen molar-refractivity contribution in [3.63, 3.8) is 0 Å². The number of hydrogen-bond acceptors (Lipinski definition) is 4. The zero-order chi connectivity index (χ0) is 22.5. The summed E-state index contributed by atoms with van der Waals surface area (Å²) in [5, 5.41) is 20.0. The first-order chi connectivity index (χ1) is 15.2. The van der Waals surface area contributed by atoms with Crippen LogP contribution in [0.15, 0.2) is 64.8 Å². The minimum atomic E-state index is -0.426. The van der Waals surface area contributed by atoms with Crippen molar-refractivity contribution < 1.29 is 9.90 Å². The lowest BCUT2D eigenvalue weighted by atomic mass is 9.65. The number of hydrogen-bond donors (Lipinski definition) is 1. The molecule has 6 nitrogen and oxygen atoms in total. The molecular formula is C26H30N4O2. The maximum absolute atomic E-state index is 12.4. The topological polar surface area (TPSA) is 70.2 Å². The molecule has 0 radical (unpaired) electrons. The van der Waals surface area contributed by atoms with E-state index in [0.29, 0.717) is 34.8 Å². The van der Waals surface area contributed by atoms with Crippen molar-refractivity contribution in [2.45, 2.75) is 52.7 Å². The van der Waals surface area contributed by atoms with E-state index in [2.05, 4.69) is 35.9 Å². The van der Waals surface area contributed by atoms with Gasteiger partial charge in [-0.3, -0.25) is 14.3 Å². The Morgan fingerprint density at radius 2 is 1.78 bits per heavy atom. The van der Waals surface area contributed by atoms with Gasteiger partial charge in [0.15, 0.2) is 5.69 Å². The van der Waals surface area contributed by atoms with Gasteiger partial charge in [-0.15, -0.1) is 10.2 Å². The monoisotopic (exact) mass is 430 g/mol. The minimum Gasteiger partial charge on any atom is -0.493 e. The molecule has 2 atom stereocenters. The predicted octanol–water partition coefficient (Wildman–Crippen LogP) is 6.13. The molecule has 2 heterocycles. The highest BCUT2D eigenvalue weighted by Gasteiger charge is 2.49. The molecule has 2 bridgehead atoms. The van der Waals surface area contributed by atoms with E-state index in [-0.39, 0.29) is 5.88 Å². The van der Waals surface area contributed by atoms with E-state index in [1.54, 1.807) is 24.3 Å². The van der Waals surface area contributed by atoms with E-state index in [9.17, 15) is 9.90 Å². The Balaban J connectivity index is 1.47. The Morgan fingerprint density at radius 3 is 2.56 bits per heavy atom. The summed E-state index contributed by atoms with van der Waals surface area (Å²) in [5.41, 5.74) is 2.37. The van der Waals surface area contributed by atoms with E-state index < -0.39 is 5.91 Å². The number of carbonyl (C=O) groups is 1. The van der Waals surface area contributed by atoms with Crippen molar-refractivity contribution in [3.8, 4) is 5.88 Å². The molecule has 166 valence electrons. The van der Waals surface area contributed by atoms with Gasteiger partial charge in [0.25, 0.3) is 5.91 Å². The van der Waals surface area contributed by atoms with Crippen LogP contribution in [0.1, 0.15) is 50.4 Å². The standard InChI is InChI=1S/C26H30N4O2/c1-25(2)13-19-14-26(3,15-25)16-29(19)17-30-21-12-8-7-11-20(21)22(24(30)32)27-28-23(31)18-9-5-4-6-10-18/h4-12,19,32H,13-17H2,1-3H3/t19-,26-/m0/s1. The molecule has 1 aliphatic heterocycles. The van der Waals surface area contributed by atoms with Crippen molar-refractivity contribution in [2.24, 2.45) is 21.1 Å². The Hall–Kier alpha value is -2.99. The van der Waals surface area contributed by atoms with Crippen molar-refractivity contribution in [3.05, 3.63) is 60.2 Å². The SMILES string of the molecule is CC1(C)C[C@H]2C[C@](C)(CN2Cn2c(O)c(N=NC(=O)c3ccccc3)c3ccccc32)C1. The number of amides is 1. The summed E-state index contributed by atoms with van der Waals surface area (Å²) < 4.78 is 1.91. The summed E-state index contributed by atoms with van der Waals surface area (Å²) in [4.78, 5) is 14.9. The smallest absolute Gasteiger partial charge is 0.295 e. The summed E-state index contributed by atoms with van der Waals surface area (Å²) in [5.74, 6) is -0.369. The number of rotatable bonds is 4. The average molecular weight is 431 g/mol. The molecule has 1 saturated carbocycles. The van der Waals surface area contributed by atoms with Gasteiger partial charge in [-0.2, -0.15) is 0 Å². The highest BCUT2D eigenvalue weighted by molar-refractivity contribution is 5.97. The van der Waals surface area contributed by atoms with E-state index in [0.717, 1.165) is 17.4 Å². The Morgan fingerprint density at radius 1 is 1.06 bits per heavy atom. The second kappa shape index (κ2) is 7.55. The van der Waals surface area contributed by atoms with Crippen molar-refractivity contribution in [2.75, 3.05) is 6.54 Å². The van der Waals surface area contributed by atoms with E-state index in [1.165, 1.54) is 19.3 Å². The second-order valence-corrected chi connectivity index (χ2v) is 10.6. The molecular weight excluding hydrogens is 400 g/mol. The normalized spacial score (nSPS) is 25.0. The molecule has 5 rings (SSSR count). The van der Waals surface area contributed by atoms with Gasteiger partial charge in [0, 0.05) is 23.5 Å². The van der Waals surface area contributed by atoms with Gasteiger partial charge >= 0.3 is 0 Å². The lowest BCUT2D eigenvalue weighted by Crippen LogP contribution is -2.35. The molecule has 1 N–H and O–H groups in total. The first-order valence-electron chi connectivity index (χ1n) is 11.3. The molecule has 3 aromatic rings. The van der Waals surface area contributed by atoms with Gasteiger partial charge < -0.3 is 5.11 Å². The number of azo groups is 1. The van der Waals surface area contributed by atoms with Crippen LogP contribution in [0.4, 0.5) is 5.69 Å². The molecule has 2 fully saturated rings. The Bertz CT molecular complexity index is 1200. The van der Waals surface area contributed by atoms with Crippen LogP contribution in [0.2, 0.25) is 0 Å². The van der Waals surface area contributed by atoms with Crippen LogP contribution in [0.25, 0.3) is 10.9 Å². The molecule has 2 aromatic carbocycles. The van der Waals surface area contributed by atoms with E-state index in [4.69, 9.17) is 0 Å². The fourth-order valence-electron chi connectivity index (χ4n) is 6.17. The van der Waals surface area contributed by atoms with Crippen LogP contribution in [0.5, 0.6) is 5.88 Å². The van der Waals surface area contributed by atoms with Crippen LogP contribution in [0.3, 0.4) is 0 Å². The molecule has 1 saturated heterocycles. The molecule has 0 spiro atoms. The molecule has 2 aliphatic rings. The second-order valence-electron chi connectivity index (χ2n) is 10.6. The summed E-state index contributed by atoms with van der Waals surface area (Å²) in [6.45, 7) is 8.75. The van der Waals surface area contributed by atoms with Gasteiger partial charge in [0.1, 0.15) is 0 Å². The Labute approximate surface area is 188 Å². The fourth-order valence-corrected chi connectivity index (χ4v) is 6.17. The van der Waals surface area contributed by atoms with Crippen LogP contribution < -0.4 is 0 Å². The quantitative estimate of drug-likeness (QED) is 0.506. The van der Waals surface area contributed by atoms with Crippen LogP contribution >= 0.6 is 0 Å². The lowest BCUT2D eigenvalue weighted by Gasteiger charge is -2.40. The minimum absolute atomic E-state index is 0.0571. The molecule has 32 heavy (non-hydrogen) atoms. The highest BCUT2D eigenvalue weighted by Crippen LogP contribution is 2.53. The predicted molar refractivity (Wildman–Crippen MR) is 125 cm³/mol. The Kier molecular flexibility index (Phi) is 4.93. The number of para-hydroxylation sites is 1. The largest absolute Gasteiger partial charge is 0.493 e. The zero-order valence-corrected chi connectivity index (χ0v) is 19.0. The van der Waals surface area contributed by atoms with Crippen LogP contribution in [0, 0.1) is 10.8 Å². The number of aromatic hydroxyl groups is 1. The molecule has 1 aromatic heterocycles. The zero-order valence-electron chi connectivity index (χ0n) is 19.0. The number of nitrogens with zero attached hydrogens (tertiary/aromatic N) is 4. The number of fused-ring (bicyclic) bond motifs is 3. The van der Waals surface area contributed by atoms with Gasteiger partial charge in [-0.1, -0.05) is 57.2 Å². The average Bonchev–Trinajstić information content (AvgIpc) is 3.15. The van der Waals surface area contributed by atoms with E-state index >= 15 is 0 Å². The van der Waals surface area contributed by atoms with Gasteiger partial charge in [-0.05, 0) is 48.3 Å². The fraction of sp³-hybridized carbons (Fsp3) is 0.423. The lowest BCUT2D eigenvalue weighted by molar-refractivity contribution is 0.0995. The maximum Gasteiger partial charge on any atom is 0.295 e. The summed E-state index contributed by atoms with van der Waals surface area (Å²) in [6, 6.07) is 17.1. The maximum atomic E-state index is 12.4. The molecule has 0 unspecified atom stereocenters. The molecule has 1 amide bonds. The van der Waals surface area contributed by atoms with Gasteiger partial charge in [0.05, 0.1) is 12.2 Å². The molecule has 1 aliphatic carbocycles. The third-order valence-electron chi connectivity index (χ3n) is 7.03.